The van der Waals surface area contributed by atoms with Crippen molar-refractivity contribution >= 4 is 44.3 Å². The number of carbonyl (C=O) groups is 1. The molecule has 0 unspecified atom stereocenters. The minimum atomic E-state index is -0.137. The normalized spacial score (nSPS) is 11.5. The highest BCUT2D eigenvalue weighted by atomic mass is 79.9. The lowest BCUT2D eigenvalue weighted by molar-refractivity contribution is 0.0942. The third-order valence-electron chi connectivity index (χ3n) is 5.87. The minimum absolute atomic E-state index is 0.0243. The SMILES string of the molecule is C[N+](C)(C)c1ccc(CNC(=O)c2cc3c(Br)cccc3n2Cc2cccc(C(=N)N)c2)cc1. The number of rotatable bonds is 7. The summed E-state index contributed by atoms with van der Waals surface area (Å²) in [5.41, 5.74) is 11.1. The van der Waals surface area contributed by atoms with Crippen LogP contribution >= 0.6 is 15.9 Å². The van der Waals surface area contributed by atoms with Gasteiger partial charge in [-0.2, -0.15) is 0 Å². The Morgan fingerprint density at radius 2 is 1.71 bits per heavy atom. The van der Waals surface area contributed by atoms with Gasteiger partial charge in [-0.3, -0.25) is 14.7 Å². The summed E-state index contributed by atoms with van der Waals surface area (Å²) in [4.78, 5) is 13.3. The molecule has 4 rings (SSSR count). The van der Waals surface area contributed by atoms with Gasteiger partial charge in [0.25, 0.3) is 5.91 Å². The van der Waals surface area contributed by atoms with Crippen LogP contribution in [0.1, 0.15) is 27.2 Å². The van der Waals surface area contributed by atoms with Gasteiger partial charge in [-0.05, 0) is 47.5 Å². The molecule has 174 valence electrons. The van der Waals surface area contributed by atoms with Crippen molar-refractivity contribution in [3.05, 3.63) is 99.7 Å². The number of hydrogen-bond donors (Lipinski definition) is 3. The average Bonchev–Trinajstić information content (AvgIpc) is 3.17. The molecule has 4 N–H and O–H groups in total. The quantitative estimate of drug-likeness (QED) is 0.185. The number of nitrogens with one attached hydrogen (secondary N) is 2. The molecule has 0 fully saturated rings. The largest absolute Gasteiger partial charge is 0.384 e. The van der Waals surface area contributed by atoms with Gasteiger partial charge in [0.1, 0.15) is 17.2 Å². The Kier molecular flexibility index (Phi) is 6.59. The maximum atomic E-state index is 13.3. The van der Waals surface area contributed by atoms with E-state index in [-0.39, 0.29) is 11.7 Å². The molecule has 0 atom stereocenters. The number of hydrogen-bond acceptors (Lipinski definition) is 2. The Morgan fingerprint density at radius 1 is 1.00 bits per heavy atom. The second-order valence-corrected chi connectivity index (χ2v) is 10.1. The molecule has 0 saturated carbocycles. The van der Waals surface area contributed by atoms with Gasteiger partial charge >= 0.3 is 0 Å². The Bertz CT molecular complexity index is 1370. The first-order valence-electron chi connectivity index (χ1n) is 11.0. The number of carbonyl (C=O) groups excluding carboxylic acids is 1. The van der Waals surface area contributed by atoms with Gasteiger partial charge in [0.2, 0.25) is 0 Å². The fourth-order valence-electron chi connectivity index (χ4n) is 3.96. The Morgan fingerprint density at radius 3 is 2.38 bits per heavy atom. The first-order chi connectivity index (χ1) is 16.1. The number of nitrogen functional groups attached to an aromatic ring is 1. The number of amidine groups is 1. The molecule has 1 amide bonds. The van der Waals surface area contributed by atoms with Gasteiger partial charge in [0.05, 0.1) is 26.7 Å². The Hall–Kier alpha value is -3.42. The first-order valence-corrected chi connectivity index (χ1v) is 11.8. The van der Waals surface area contributed by atoms with E-state index in [9.17, 15) is 4.79 Å². The fraction of sp³-hybridized carbons (Fsp3) is 0.185. The van der Waals surface area contributed by atoms with Crippen molar-refractivity contribution < 1.29 is 4.79 Å². The van der Waals surface area contributed by atoms with Crippen molar-refractivity contribution in [2.24, 2.45) is 5.73 Å². The number of nitrogens with zero attached hydrogens (tertiary/aromatic N) is 2. The minimum Gasteiger partial charge on any atom is -0.384 e. The standard InChI is InChI=1S/C27H28BrN5O/c1-33(2,3)21-12-10-18(11-13-21)16-31-27(34)25-15-22-23(28)8-5-9-24(22)32(25)17-19-6-4-7-20(14-19)26(29)30/h4-15H,16-17H2,1-3H3,(H3-,29,30,31,34)/p+1. The van der Waals surface area contributed by atoms with Crippen LogP contribution in [0.25, 0.3) is 10.9 Å². The molecule has 0 bridgehead atoms. The summed E-state index contributed by atoms with van der Waals surface area (Å²) >= 11 is 3.62. The zero-order valence-corrected chi connectivity index (χ0v) is 21.2. The van der Waals surface area contributed by atoms with Crippen molar-refractivity contribution in [3.8, 4) is 0 Å². The number of aromatic nitrogens is 1. The van der Waals surface area contributed by atoms with E-state index in [0.29, 0.717) is 24.3 Å². The number of quaternary nitrogens is 1. The molecule has 0 aliphatic heterocycles. The predicted molar refractivity (Wildman–Crippen MR) is 143 cm³/mol. The molecule has 0 spiro atoms. The van der Waals surface area contributed by atoms with Crippen LogP contribution in [0.2, 0.25) is 0 Å². The third-order valence-corrected chi connectivity index (χ3v) is 6.56. The molecule has 7 heteroatoms. The molecule has 0 radical (unpaired) electrons. The average molecular weight is 519 g/mol. The number of nitrogens with two attached hydrogens (primary N) is 1. The summed E-state index contributed by atoms with van der Waals surface area (Å²) in [6, 6.07) is 23.7. The molecular weight excluding hydrogens is 490 g/mol. The molecule has 34 heavy (non-hydrogen) atoms. The summed E-state index contributed by atoms with van der Waals surface area (Å²) in [5.74, 6) is -0.113. The van der Waals surface area contributed by atoms with Crippen LogP contribution in [0.15, 0.2) is 77.3 Å². The highest BCUT2D eigenvalue weighted by Gasteiger charge is 2.18. The van der Waals surface area contributed by atoms with E-state index in [0.717, 1.165) is 31.0 Å². The number of benzene rings is 3. The van der Waals surface area contributed by atoms with Gasteiger partial charge < -0.3 is 15.6 Å². The maximum absolute atomic E-state index is 13.3. The third kappa shape index (κ3) is 5.05. The van der Waals surface area contributed by atoms with E-state index < -0.39 is 0 Å². The molecule has 1 aromatic heterocycles. The zero-order chi connectivity index (χ0) is 24.5. The Balaban J connectivity index is 1.62. The highest BCUT2D eigenvalue weighted by Crippen LogP contribution is 2.28. The van der Waals surface area contributed by atoms with Crippen LogP contribution in [-0.2, 0) is 13.1 Å². The monoisotopic (exact) mass is 518 g/mol. The maximum Gasteiger partial charge on any atom is 0.268 e. The van der Waals surface area contributed by atoms with E-state index in [1.54, 1.807) is 0 Å². The second-order valence-electron chi connectivity index (χ2n) is 9.26. The molecule has 0 aliphatic carbocycles. The lowest BCUT2D eigenvalue weighted by Crippen LogP contribution is -2.34. The Labute approximate surface area is 208 Å². The van der Waals surface area contributed by atoms with Crippen molar-refractivity contribution in [3.63, 3.8) is 0 Å². The van der Waals surface area contributed by atoms with Gasteiger partial charge in [0.15, 0.2) is 0 Å². The van der Waals surface area contributed by atoms with E-state index in [4.69, 9.17) is 11.1 Å². The van der Waals surface area contributed by atoms with Gasteiger partial charge in [-0.15, -0.1) is 0 Å². The van der Waals surface area contributed by atoms with E-state index in [1.807, 2.05) is 53.1 Å². The van der Waals surface area contributed by atoms with Crippen LogP contribution in [0.4, 0.5) is 5.69 Å². The second kappa shape index (κ2) is 9.44. The highest BCUT2D eigenvalue weighted by molar-refractivity contribution is 9.10. The van der Waals surface area contributed by atoms with Crippen LogP contribution in [0.3, 0.4) is 0 Å². The molecular formula is C27H29BrN5O+. The molecule has 1 heterocycles. The molecule has 4 aromatic rings. The molecule has 0 aliphatic rings. The number of halogens is 1. The van der Waals surface area contributed by atoms with Crippen LogP contribution in [0.5, 0.6) is 0 Å². The van der Waals surface area contributed by atoms with E-state index in [2.05, 4.69) is 66.7 Å². The van der Waals surface area contributed by atoms with E-state index in [1.165, 1.54) is 5.69 Å². The summed E-state index contributed by atoms with van der Waals surface area (Å²) in [6.07, 6.45) is 0. The summed E-state index contributed by atoms with van der Waals surface area (Å²) < 4.78 is 3.69. The summed E-state index contributed by atoms with van der Waals surface area (Å²) in [5, 5.41) is 11.8. The zero-order valence-electron chi connectivity index (χ0n) is 19.6. The smallest absolute Gasteiger partial charge is 0.268 e. The molecule has 6 nitrogen and oxygen atoms in total. The first kappa shape index (κ1) is 23.7. The predicted octanol–water partition coefficient (Wildman–Crippen LogP) is 4.86. The van der Waals surface area contributed by atoms with Gasteiger partial charge in [0, 0.05) is 28.5 Å². The topological polar surface area (TPSA) is 83.9 Å². The fourth-order valence-corrected chi connectivity index (χ4v) is 4.43. The van der Waals surface area contributed by atoms with Crippen molar-refractivity contribution in [1.29, 1.82) is 5.41 Å². The lowest BCUT2D eigenvalue weighted by atomic mass is 10.1. The van der Waals surface area contributed by atoms with Crippen LogP contribution < -0.4 is 15.5 Å². The lowest BCUT2D eigenvalue weighted by Gasteiger charge is -2.23. The van der Waals surface area contributed by atoms with E-state index >= 15 is 0 Å². The number of amides is 1. The van der Waals surface area contributed by atoms with Gasteiger partial charge in [-0.1, -0.05) is 52.3 Å². The van der Waals surface area contributed by atoms with Crippen LogP contribution in [-0.4, -0.2) is 37.5 Å². The molecule has 3 aromatic carbocycles. The molecule has 0 saturated heterocycles. The summed E-state index contributed by atoms with van der Waals surface area (Å²) in [7, 11) is 6.37. The van der Waals surface area contributed by atoms with Crippen molar-refractivity contribution in [2.45, 2.75) is 13.1 Å². The van der Waals surface area contributed by atoms with Crippen LogP contribution in [0, 0.1) is 5.41 Å². The summed E-state index contributed by atoms with van der Waals surface area (Å²) in [6.45, 7) is 0.931. The van der Waals surface area contributed by atoms with Crippen molar-refractivity contribution in [1.82, 2.24) is 14.4 Å². The number of fused-ring (bicyclic) bond motifs is 1. The van der Waals surface area contributed by atoms with Gasteiger partial charge in [-0.25, -0.2) is 0 Å². The van der Waals surface area contributed by atoms with Crippen molar-refractivity contribution in [2.75, 3.05) is 21.1 Å².